The van der Waals surface area contributed by atoms with Gasteiger partial charge in [0.1, 0.15) is 0 Å². The number of rotatable bonds is 1. The normalized spacial score (nSPS) is 11.2. The van der Waals surface area contributed by atoms with E-state index >= 15 is 0 Å². The predicted octanol–water partition coefficient (Wildman–Crippen LogP) is 4.08. The zero-order valence-electron chi connectivity index (χ0n) is 7.20. The fraction of sp³-hybridized carbons (Fsp3) is 0.222. The lowest BCUT2D eigenvalue weighted by Gasteiger charge is -2.11. The second-order valence-electron chi connectivity index (χ2n) is 2.73. The van der Waals surface area contributed by atoms with Crippen LogP contribution in [0.4, 0.5) is 13.2 Å². The molecule has 0 spiro atoms. The fourth-order valence-corrected chi connectivity index (χ4v) is 2.35. The first kappa shape index (κ1) is 12.8. The van der Waals surface area contributed by atoms with Crippen LogP contribution >= 0.6 is 38.5 Å². The van der Waals surface area contributed by atoms with Crippen molar-refractivity contribution in [2.24, 2.45) is 0 Å². The number of benzene rings is 1. The van der Waals surface area contributed by atoms with E-state index in [1.165, 1.54) is 6.07 Å². The summed E-state index contributed by atoms with van der Waals surface area (Å²) < 4.78 is 37.5. The van der Waals surface area contributed by atoms with Crippen LogP contribution in [0.3, 0.4) is 0 Å². The molecule has 0 heterocycles. The van der Waals surface area contributed by atoms with Crippen LogP contribution in [-0.2, 0) is 11.5 Å². The molecule has 0 unspecified atom stereocenters. The van der Waals surface area contributed by atoms with Gasteiger partial charge in [-0.2, -0.15) is 18.4 Å². The van der Waals surface area contributed by atoms with Crippen molar-refractivity contribution in [1.29, 1.82) is 5.26 Å². The zero-order valence-corrected chi connectivity index (χ0v) is 10.9. The van der Waals surface area contributed by atoms with E-state index in [0.717, 1.165) is 6.07 Å². The highest BCUT2D eigenvalue weighted by atomic mass is 127. The molecule has 80 valence electrons. The Morgan fingerprint density at radius 2 is 2.00 bits per heavy atom. The fourth-order valence-electron chi connectivity index (χ4n) is 1.05. The third-order valence-corrected chi connectivity index (χ3v) is 3.26. The Balaban J connectivity index is 3.41. The minimum absolute atomic E-state index is 0.0552. The lowest BCUT2D eigenvalue weighted by molar-refractivity contribution is -0.138. The molecule has 0 atom stereocenters. The van der Waals surface area contributed by atoms with Crippen molar-refractivity contribution < 1.29 is 13.2 Å². The van der Waals surface area contributed by atoms with Gasteiger partial charge in [0, 0.05) is 8.90 Å². The Labute approximate surface area is 107 Å². The SMILES string of the molecule is N#Cc1cc(C(F)(F)F)c(I)cc1CBr. The lowest BCUT2D eigenvalue weighted by atomic mass is 10.1. The summed E-state index contributed by atoms with van der Waals surface area (Å²) in [5.41, 5.74) is -0.140. The Morgan fingerprint density at radius 3 is 2.40 bits per heavy atom. The van der Waals surface area contributed by atoms with E-state index in [1.54, 1.807) is 28.7 Å². The highest BCUT2D eigenvalue weighted by Gasteiger charge is 2.33. The van der Waals surface area contributed by atoms with Gasteiger partial charge in [-0.05, 0) is 40.3 Å². The van der Waals surface area contributed by atoms with Gasteiger partial charge in [0.25, 0.3) is 0 Å². The molecular weight excluding hydrogens is 386 g/mol. The van der Waals surface area contributed by atoms with E-state index in [4.69, 9.17) is 5.26 Å². The molecule has 0 aromatic heterocycles. The maximum Gasteiger partial charge on any atom is 0.417 e. The van der Waals surface area contributed by atoms with Crippen molar-refractivity contribution in [1.82, 2.24) is 0 Å². The van der Waals surface area contributed by atoms with Crippen LogP contribution in [0, 0.1) is 14.9 Å². The monoisotopic (exact) mass is 389 g/mol. The minimum atomic E-state index is -4.41. The van der Waals surface area contributed by atoms with Gasteiger partial charge in [-0.3, -0.25) is 0 Å². The quantitative estimate of drug-likeness (QED) is 0.524. The summed E-state index contributed by atoms with van der Waals surface area (Å²) in [6, 6.07) is 4.01. The van der Waals surface area contributed by atoms with Crippen LogP contribution in [-0.4, -0.2) is 0 Å². The molecule has 0 N–H and O–H groups in total. The van der Waals surface area contributed by atoms with Crippen molar-refractivity contribution in [3.63, 3.8) is 0 Å². The highest BCUT2D eigenvalue weighted by Crippen LogP contribution is 2.34. The van der Waals surface area contributed by atoms with Gasteiger partial charge >= 0.3 is 6.18 Å². The highest BCUT2D eigenvalue weighted by molar-refractivity contribution is 14.1. The van der Waals surface area contributed by atoms with Gasteiger partial charge in [0.05, 0.1) is 17.2 Å². The van der Waals surface area contributed by atoms with Crippen molar-refractivity contribution in [2.75, 3.05) is 0 Å². The first-order valence-electron chi connectivity index (χ1n) is 3.76. The van der Waals surface area contributed by atoms with Crippen LogP contribution < -0.4 is 0 Å². The number of nitrogens with zero attached hydrogens (tertiary/aromatic N) is 1. The van der Waals surface area contributed by atoms with Gasteiger partial charge in [0.15, 0.2) is 0 Å². The van der Waals surface area contributed by atoms with E-state index in [9.17, 15) is 13.2 Å². The summed E-state index contributed by atoms with van der Waals surface area (Å²) >= 11 is 4.74. The molecule has 1 nitrogen and oxygen atoms in total. The molecule has 0 radical (unpaired) electrons. The van der Waals surface area contributed by atoms with E-state index < -0.39 is 11.7 Å². The lowest BCUT2D eigenvalue weighted by Crippen LogP contribution is -2.09. The number of nitriles is 1. The number of hydrogen-bond acceptors (Lipinski definition) is 1. The first-order chi connectivity index (χ1) is 6.90. The Morgan fingerprint density at radius 1 is 1.40 bits per heavy atom. The van der Waals surface area contributed by atoms with Gasteiger partial charge in [-0.15, -0.1) is 0 Å². The van der Waals surface area contributed by atoms with E-state index in [0.29, 0.717) is 10.9 Å². The molecule has 0 fully saturated rings. The molecular formula is C9H4BrF3IN. The average Bonchev–Trinajstić information content (AvgIpc) is 2.15. The summed E-state index contributed by atoms with van der Waals surface area (Å²) in [6.45, 7) is 0. The Bertz CT molecular complexity index is 423. The summed E-state index contributed by atoms with van der Waals surface area (Å²) in [7, 11) is 0. The summed E-state index contributed by atoms with van der Waals surface area (Å²) in [6.07, 6.45) is -4.41. The molecule has 15 heavy (non-hydrogen) atoms. The summed E-state index contributed by atoms with van der Waals surface area (Å²) in [5, 5.41) is 9.06. The second-order valence-corrected chi connectivity index (χ2v) is 4.46. The van der Waals surface area contributed by atoms with Crippen molar-refractivity contribution in [3.8, 4) is 6.07 Å². The predicted molar refractivity (Wildman–Crippen MR) is 61.5 cm³/mol. The van der Waals surface area contributed by atoms with Crippen LogP contribution in [0.5, 0.6) is 0 Å². The van der Waals surface area contributed by atoms with Gasteiger partial charge < -0.3 is 0 Å². The first-order valence-corrected chi connectivity index (χ1v) is 5.96. The van der Waals surface area contributed by atoms with E-state index in [1.807, 2.05) is 0 Å². The average molecular weight is 390 g/mol. The van der Waals surface area contributed by atoms with Crippen molar-refractivity contribution in [3.05, 3.63) is 32.4 Å². The number of hydrogen-bond donors (Lipinski definition) is 0. The maximum absolute atomic E-state index is 12.5. The minimum Gasteiger partial charge on any atom is -0.192 e. The summed E-state index contributed by atoms with van der Waals surface area (Å²) in [4.78, 5) is 0. The number of alkyl halides is 4. The third-order valence-electron chi connectivity index (χ3n) is 1.76. The largest absolute Gasteiger partial charge is 0.417 e. The van der Waals surface area contributed by atoms with Crippen molar-refractivity contribution in [2.45, 2.75) is 11.5 Å². The van der Waals surface area contributed by atoms with Crippen LogP contribution in [0.1, 0.15) is 16.7 Å². The molecule has 0 saturated carbocycles. The molecule has 0 aliphatic rings. The molecule has 0 aliphatic carbocycles. The van der Waals surface area contributed by atoms with Crippen molar-refractivity contribution >= 4 is 38.5 Å². The van der Waals surface area contributed by atoms with Crippen LogP contribution in [0.15, 0.2) is 12.1 Å². The molecule has 1 aromatic carbocycles. The molecule has 0 saturated heterocycles. The Hall–Kier alpha value is -0.290. The molecule has 0 aliphatic heterocycles. The molecule has 6 heteroatoms. The zero-order chi connectivity index (χ0) is 11.6. The van der Waals surface area contributed by atoms with Gasteiger partial charge in [-0.1, -0.05) is 15.9 Å². The van der Waals surface area contributed by atoms with E-state index in [-0.39, 0.29) is 9.13 Å². The molecule has 1 aromatic rings. The smallest absolute Gasteiger partial charge is 0.192 e. The second kappa shape index (κ2) is 4.70. The van der Waals surface area contributed by atoms with Gasteiger partial charge in [0.2, 0.25) is 0 Å². The number of halogens is 5. The molecule has 0 amide bonds. The topological polar surface area (TPSA) is 23.8 Å². The van der Waals surface area contributed by atoms with E-state index in [2.05, 4.69) is 15.9 Å². The maximum atomic E-state index is 12.5. The van der Waals surface area contributed by atoms with Crippen LogP contribution in [0.2, 0.25) is 0 Å². The van der Waals surface area contributed by atoms with Crippen LogP contribution in [0.25, 0.3) is 0 Å². The van der Waals surface area contributed by atoms with Gasteiger partial charge in [-0.25, -0.2) is 0 Å². The third kappa shape index (κ3) is 2.84. The molecule has 0 bridgehead atoms. The standard InChI is InChI=1S/C9H4BrF3IN/c10-3-5-2-8(14)7(9(11,12)13)1-6(5)4-15/h1-2H,3H2. The summed E-state index contributed by atoms with van der Waals surface area (Å²) in [5.74, 6) is 0. The Kier molecular flexibility index (Phi) is 4.00. The molecule has 1 rings (SSSR count).